The Labute approximate surface area is 202 Å². The van der Waals surface area contributed by atoms with Crippen molar-refractivity contribution in [2.75, 3.05) is 0 Å². The predicted octanol–water partition coefficient (Wildman–Crippen LogP) is 7.08. The van der Waals surface area contributed by atoms with Crippen LogP contribution in [0.5, 0.6) is 0 Å². The van der Waals surface area contributed by atoms with Crippen LogP contribution >= 0.6 is 23.2 Å². The third-order valence-electron chi connectivity index (χ3n) is 6.54. The molecule has 0 radical (unpaired) electrons. The molecule has 2 unspecified atom stereocenters. The van der Waals surface area contributed by atoms with Crippen molar-refractivity contribution in [3.63, 3.8) is 0 Å². The van der Waals surface area contributed by atoms with Gasteiger partial charge in [-0.2, -0.15) is 0 Å². The topological polar surface area (TPSA) is 68.0 Å². The first kappa shape index (κ1) is 21.9. The number of benzene rings is 2. The van der Waals surface area contributed by atoms with Gasteiger partial charge in [0.25, 0.3) is 0 Å². The summed E-state index contributed by atoms with van der Waals surface area (Å²) in [5, 5.41) is 10.9. The molecular weight excluding hydrogens is 457 g/mol. The van der Waals surface area contributed by atoms with E-state index in [1.165, 1.54) is 0 Å². The van der Waals surface area contributed by atoms with Gasteiger partial charge in [-0.1, -0.05) is 53.5 Å². The highest BCUT2D eigenvalue weighted by Crippen LogP contribution is 2.47. The van der Waals surface area contributed by atoms with E-state index in [0.717, 1.165) is 51.2 Å². The van der Waals surface area contributed by atoms with Crippen LogP contribution in [0.15, 0.2) is 55.0 Å². The molecular formula is C26H23Cl2N3O2. The summed E-state index contributed by atoms with van der Waals surface area (Å²) in [6, 6.07) is 13.3. The van der Waals surface area contributed by atoms with E-state index in [4.69, 9.17) is 23.2 Å². The Morgan fingerprint density at radius 2 is 1.88 bits per heavy atom. The zero-order valence-electron chi connectivity index (χ0n) is 18.3. The summed E-state index contributed by atoms with van der Waals surface area (Å²) < 4.78 is 2.05. The van der Waals surface area contributed by atoms with Crippen molar-refractivity contribution in [3.05, 3.63) is 81.7 Å². The first-order valence-corrected chi connectivity index (χ1v) is 11.7. The van der Waals surface area contributed by atoms with Gasteiger partial charge in [0.05, 0.1) is 40.7 Å². The Morgan fingerprint density at radius 3 is 2.61 bits per heavy atom. The van der Waals surface area contributed by atoms with Crippen LogP contribution in [0.4, 0.5) is 0 Å². The van der Waals surface area contributed by atoms with Crippen LogP contribution in [0.25, 0.3) is 22.3 Å². The second kappa shape index (κ2) is 8.47. The molecule has 4 aromatic rings. The molecule has 1 aliphatic carbocycles. The largest absolute Gasteiger partial charge is 0.481 e. The van der Waals surface area contributed by atoms with E-state index in [-0.39, 0.29) is 6.04 Å². The Kier molecular flexibility index (Phi) is 5.63. The maximum atomic E-state index is 11.6. The number of carboxylic acid groups (broad SMARTS) is 1. The third-order valence-corrected chi connectivity index (χ3v) is 7.29. The SMILES string of the molecule is CC(C(=O)O)c1ccccc1-c1cc2c(cn1)ncn2C(C)c1c(Cl)ccc(C2CC2)c1Cl. The van der Waals surface area contributed by atoms with Gasteiger partial charge in [0.2, 0.25) is 0 Å². The number of carboxylic acids is 1. The minimum atomic E-state index is -0.873. The van der Waals surface area contributed by atoms with Crippen LogP contribution < -0.4 is 0 Å². The molecule has 7 heteroatoms. The Balaban J connectivity index is 1.62. The van der Waals surface area contributed by atoms with Crippen molar-refractivity contribution in [2.45, 2.75) is 44.6 Å². The minimum Gasteiger partial charge on any atom is -0.481 e. The van der Waals surface area contributed by atoms with E-state index in [2.05, 4.69) is 16.9 Å². The predicted molar refractivity (Wildman–Crippen MR) is 131 cm³/mol. The Bertz CT molecular complexity index is 1380. The second-order valence-electron chi connectivity index (χ2n) is 8.67. The summed E-state index contributed by atoms with van der Waals surface area (Å²) in [7, 11) is 0. The fraction of sp³-hybridized carbons (Fsp3) is 0.269. The molecule has 0 amide bonds. The highest BCUT2D eigenvalue weighted by Gasteiger charge is 2.29. The van der Waals surface area contributed by atoms with E-state index < -0.39 is 11.9 Å². The summed E-state index contributed by atoms with van der Waals surface area (Å²) in [5.41, 5.74) is 5.89. The van der Waals surface area contributed by atoms with Crippen LogP contribution in [0.1, 0.15) is 61.3 Å². The van der Waals surface area contributed by atoms with Crippen molar-refractivity contribution in [1.29, 1.82) is 0 Å². The number of hydrogen-bond donors (Lipinski definition) is 1. The minimum absolute atomic E-state index is 0.142. The number of imidazole rings is 1. The number of halogens is 2. The first-order valence-electron chi connectivity index (χ1n) is 11.0. The molecule has 1 saturated carbocycles. The van der Waals surface area contributed by atoms with Crippen LogP contribution in [0, 0.1) is 0 Å². The molecule has 1 aliphatic rings. The number of rotatable bonds is 6. The molecule has 5 nitrogen and oxygen atoms in total. The number of fused-ring (bicyclic) bond motifs is 1. The molecule has 1 fully saturated rings. The molecule has 2 aromatic heterocycles. The van der Waals surface area contributed by atoms with Crippen molar-refractivity contribution in [2.24, 2.45) is 0 Å². The maximum Gasteiger partial charge on any atom is 0.310 e. The van der Waals surface area contributed by atoms with E-state index in [0.29, 0.717) is 16.6 Å². The average Bonchev–Trinajstić information content (AvgIpc) is 3.56. The third kappa shape index (κ3) is 3.90. The maximum absolute atomic E-state index is 11.6. The Hall–Kier alpha value is -2.89. The van der Waals surface area contributed by atoms with Crippen molar-refractivity contribution in [3.8, 4) is 11.3 Å². The molecule has 0 bridgehead atoms. The van der Waals surface area contributed by atoms with Crippen LogP contribution in [0.3, 0.4) is 0 Å². The molecule has 33 heavy (non-hydrogen) atoms. The highest BCUT2D eigenvalue weighted by atomic mass is 35.5. The molecule has 1 N–H and O–H groups in total. The van der Waals surface area contributed by atoms with Crippen LogP contribution in [-0.2, 0) is 4.79 Å². The molecule has 0 saturated heterocycles. The highest BCUT2D eigenvalue weighted by molar-refractivity contribution is 6.36. The second-order valence-corrected chi connectivity index (χ2v) is 9.46. The normalized spacial score (nSPS) is 15.5. The lowest BCUT2D eigenvalue weighted by molar-refractivity contribution is -0.138. The van der Waals surface area contributed by atoms with Gasteiger partial charge in [-0.25, -0.2) is 4.98 Å². The van der Waals surface area contributed by atoms with E-state index in [9.17, 15) is 9.90 Å². The number of carbonyl (C=O) groups is 1. The average molecular weight is 480 g/mol. The molecule has 0 aliphatic heterocycles. The fourth-order valence-corrected chi connectivity index (χ4v) is 5.29. The number of aliphatic carboxylic acids is 1. The van der Waals surface area contributed by atoms with Gasteiger partial charge in [-0.3, -0.25) is 9.78 Å². The van der Waals surface area contributed by atoms with Gasteiger partial charge in [0, 0.05) is 16.1 Å². The quantitative estimate of drug-likeness (QED) is 0.320. The number of aromatic nitrogens is 3. The Morgan fingerprint density at radius 1 is 1.12 bits per heavy atom. The number of nitrogens with zero attached hydrogens (tertiary/aromatic N) is 3. The molecule has 2 aromatic carbocycles. The van der Waals surface area contributed by atoms with Gasteiger partial charge >= 0.3 is 5.97 Å². The summed E-state index contributed by atoms with van der Waals surface area (Å²) in [6.45, 7) is 3.74. The first-order chi connectivity index (χ1) is 15.9. The molecule has 0 spiro atoms. The molecule has 2 atom stereocenters. The molecule has 168 valence electrons. The van der Waals surface area contributed by atoms with E-state index >= 15 is 0 Å². The van der Waals surface area contributed by atoms with Crippen molar-refractivity contribution in [1.82, 2.24) is 14.5 Å². The van der Waals surface area contributed by atoms with Crippen molar-refractivity contribution < 1.29 is 9.90 Å². The summed E-state index contributed by atoms with van der Waals surface area (Å²) in [4.78, 5) is 20.8. The van der Waals surface area contributed by atoms with Crippen LogP contribution in [0.2, 0.25) is 10.0 Å². The van der Waals surface area contributed by atoms with Gasteiger partial charge in [0.1, 0.15) is 5.52 Å². The zero-order chi connectivity index (χ0) is 23.3. The number of hydrogen-bond acceptors (Lipinski definition) is 3. The summed E-state index contributed by atoms with van der Waals surface area (Å²) >= 11 is 13.5. The summed E-state index contributed by atoms with van der Waals surface area (Å²) in [6.07, 6.45) is 5.82. The molecule has 2 heterocycles. The van der Waals surface area contributed by atoms with E-state index in [1.54, 1.807) is 19.4 Å². The monoisotopic (exact) mass is 479 g/mol. The van der Waals surface area contributed by atoms with E-state index in [1.807, 2.05) is 47.0 Å². The van der Waals surface area contributed by atoms with Gasteiger partial charge < -0.3 is 9.67 Å². The molecule has 5 rings (SSSR count). The smallest absolute Gasteiger partial charge is 0.310 e. The van der Waals surface area contributed by atoms with Crippen molar-refractivity contribution >= 4 is 40.2 Å². The fourth-order valence-electron chi connectivity index (χ4n) is 4.45. The van der Waals surface area contributed by atoms with Gasteiger partial charge in [-0.05, 0) is 55.9 Å². The van der Waals surface area contributed by atoms with Crippen LogP contribution in [-0.4, -0.2) is 25.6 Å². The number of pyridine rings is 1. The van der Waals surface area contributed by atoms with Gasteiger partial charge in [0.15, 0.2) is 0 Å². The lowest BCUT2D eigenvalue weighted by Crippen LogP contribution is -2.09. The lowest BCUT2D eigenvalue weighted by atomic mass is 9.94. The lowest BCUT2D eigenvalue weighted by Gasteiger charge is -2.20. The standard InChI is InChI=1S/C26H23Cl2N3O2/c1-14(26(32)33)17-5-3-4-6-19(17)21-11-23-22(12-29-21)30-13-31(23)15(2)24-20(27)10-9-18(25(24)28)16-7-8-16/h3-6,9-16H,7-8H2,1-2H3,(H,32,33). The van der Waals surface area contributed by atoms with Gasteiger partial charge in [-0.15, -0.1) is 0 Å². The zero-order valence-corrected chi connectivity index (χ0v) is 19.8. The summed E-state index contributed by atoms with van der Waals surface area (Å²) in [5.74, 6) is -1.00.